The summed E-state index contributed by atoms with van der Waals surface area (Å²) in [5.41, 5.74) is 1.50. The zero-order valence-electron chi connectivity index (χ0n) is 11.9. The van der Waals surface area contributed by atoms with E-state index in [0.717, 1.165) is 5.56 Å². The fourth-order valence-electron chi connectivity index (χ4n) is 2.16. The van der Waals surface area contributed by atoms with Crippen LogP contribution >= 0.6 is 0 Å². The first-order chi connectivity index (χ1) is 11.1. The van der Waals surface area contributed by atoms with Gasteiger partial charge in [-0.25, -0.2) is 9.18 Å². The number of hydrogen-bond acceptors (Lipinski definition) is 3. The molecule has 0 aliphatic heterocycles. The molecule has 0 saturated carbocycles. The van der Waals surface area contributed by atoms with Crippen LogP contribution in [0.1, 0.15) is 21.7 Å². The Balaban J connectivity index is 2.01. The molecule has 1 aromatic heterocycles. The Kier molecular flexibility index (Phi) is 4.01. The zero-order chi connectivity index (χ0) is 16.2. The molecule has 0 spiro atoms. The summed E-state index contributed by atoms with van der Waals surface area (Å²) in [6.07, 6.45) is 3.29. The van der Waals surface area contributed by atoms with E-state index in [0.29, 0.717) is 5.56 Å². The number of aromatic nitrogens is 1. The second-order valence-electron chi connectivity index (χ2n) is 4.83. The van der Waals surface area contributed by atoms with E-state index in [1.165, 1.54) is 24.3 Å². The molecular weight excluding hydrogens is 297 g/mol. The van der Waals surface area contributed by atoms with Crippen LogP contribution in [-0.4, -0.2) is 16.2 Å². The normalized spacial score (nSPS) is 11.0. The van der Waals surface area contributed by atoms with Gasteiger partial charge in [-0.2, -0.15) is 0 Å². The largest absolute Gasteiger partial charge is 0.477 e. The highest BCUT2D eigenvalue weighted by Gasteiger charge is 2.22. The first-order valence-electron chi connectivity index (χ1n) is 6.87. The number of carboxylic acid groups (broad SMARTS) is 1. The fraction of sp³-hybridized carbons (Fsp3) is 0. The Morgan fingerprint density at radius 3 is 2.39 bits per heavy atom. The lowest BCUT2D eigenvalue weighted by Crippen LogP contribution is -1.99. The molecule has 23 heavy (non-hydrogen) atoms. The molecule has 0 fully saturated rings. The Morgan fingerprint density at radius 1 is 1.04 bits per heavy atom. The standard InChI is InChI=1S/C18H12FNO3/c19-14-9-7-13(8-10-14)17-16(18(21)22)15(23-20-17)11-6-12-4-2-1-3-5-12/h1-11H,(H,21,22)/b11-6+. The number of rotatable bonds is 4. The van der Waals surface area contributed by atoms with Crippen LogP contribution in [0.4, 0.5) is 4.39 Å². The smallest absolute Gasteiger partial charge is 0.341 e. The lowest BCUT2D eigenvalue weighted by atomic mass is 10.1. The molecule has 0 amide bonds. The Labute approximate surface area is 131 Å². The molecule has 0 atom stereocenters. The molecule has 0 aliphatic carbocycles. The summed E-state index contributed by atoms with van der Waals surface area (Å²) in [6.45, 7) is 0. The molecule has 0 unspecified atom stereocenters. The summed E-state index contributed by atoms with van der Waals surface area (Å²) in [4.78, 5) is 11.5. The quantitative estimate of drug-likeness (QED) is 0.778. The van der Waals surface area contributed by atoms with Gasteiger partial charge in [-0.1, -0.05) is 41.6 Å². The van der Waals surface area contributed by atoms with Crippen LogP contribution in [0.2, 0.25) is 0 Å². The van der Waals surface area contributed by atoms with E-state index in [1.807, 2.05) is 30.3 Å². The highest BCUT2D eigenvalue weighted by atomic mass is 19.1. The average molecular weight is 309 g/mol. The minimum Gasteiger partial charge on any atom is -0.477 e. The number of aromatic carboxylic acids is 1. The molecule has 1 heterocycles. The van der Waals surface area contributed by atoms with Gasteiger partial charge in [0, 0.05) is 5.56 Å². The van der Waals surface area contributed by atoms with Crippen molar-refractivity contribution in [3.8, 4) is 11.3 Å². The molecule has 3 rings (SSSR count). The maximum absolute atomic E-state index is 13.0. The van der Waals surface area contributed by atoms with Crippen molar-refractivity contribution in [1.29, 1.82) is 0 Å². The summed E-state index contributed by atoms with van der Waals surface area (Å²) in [5.74, 6) is -1.42. The van der Waals surface area contributed by atoms with Crippen molar-refractivity contribution in [2.24, 2.45) is 0 Å². The molecule has 0 saturated heterocycles. The van der Waals surface area contributed by atoms with Crippen LogP contribution < -0.4 is 0 Å². The fourth-order valence-corrected chi connectivity index (χ4v) is 2.16. The van der Waals surface area contributed by atoms with Gasteiger partial charge in [-0.3, -0.25) is 0 Å². The molecule has 1 N–H and O–H groups in total. The molecule has 4 nitrogen and oxygen atoms in total. The maximum Gasteiger partial charge on any atom is 0.341 e. The first-order valence-corrected chi connectivity index (χ1v) is 6.87. The molecule has 114 valence electrons. The van der Waals surface area contributed by atoms with Gasteiger partial charge in [0.1, 0.15) is 17.1 Å². The summed E-state index contributed by atoms with van der Waals surface area (Å²) < 4.78 is 18.2. The minimum absolute atomic E-state index is 0.0520. The Bertz CT molecular complexity index is 852. The zero-order valence-corrected chi connectivity index (χ0v) is 11.9. The van der Waals surface area contributed by atoms with E-state index >= 15 is 0 Å². The summed E-state index contributed by atoms with van der Waals surface area (Å²) >= 11 is 0. The third kappa shape index (κ3) is 3.18. The molecule has 0 radical (unpaired) electrons. The highest BCUT2D eigenvalue weighted by molar-refractivity contribution is 5.98. The Hall–Kier alpha value is -3.21. The topological polar surface area (TPSA) is 63.3 Å². The van der Waals surface area contributed by atoms with Crippen molar-refractivity contribution >= 4 is 18.1 Å². The molecule has 0 bridgehead atoms. The van der Waals surface area contributed by atoms with Crippen LogP contribution in [-0.2, 0) is 0 Å². The number of hydrogen-bond donors (Lipinski definition) is 1. The monoisotopic (exact) mass is 309 g/mol. The second kappa shape index (κ2) is 6.27. The molecule has 0 aliphatic rings. The van der Waals surface area contributed by atoms with E-state index in [-0.39, 0.29) is 17.0 Å². The molecular formula is C18H12FNO3. The van der Waals surface area contributed by atoms with Gasteiger partial charge in [0.2, 0.25) is 0 Å². The highest BCUT2D eigenvalue weighted by Crippen LogP contribution is 2.27. The summed E-state index contributed by atoms with van der Waals surface area (Å²) in [6, 6.07) is 14.8. The number of halogens is 1. The van der Waals surface area contributed by atoms with Crippen LogP contribution in [0.3, 0.4) is 0 Å². The van der Waals surface area contributed by atoms with Gasteiger partial charge in [0.15, 0.2) is 5.76 Å². The van der Waals surface area contributed by atoms with Crippen molar-refractivity contribution in [2.75, 3.05) is 0 Å². The predicted molar refractivity (Wildman–Crippen MR) is 84.2 cm³/mol. The van der Waals surface area contributed by atoms with E-state index < -0.39 is 11.8 Å². The molecule has 3 aromatic rings. The van der Waals surface area contributed by atoms with Crippen LogP contribution in [0, 0.1) is 5.82 Å². The van der Waals surface area contributed by atoms with Crippen LogP contribution in [0.5, 0.6) is 0 Å². The van der Waals surface area contributed by atoms with Gasteiger partial charge in [-0.15, -0.1) is 0 Å². The number of benzene rings is 2. The SMILES string of the molecule is O=C(O)c1c(-c2ccc(F)cc2)noc1/C=C/c1ccccc1. The summed E-state index contributed by atoms with van der Waals surface area (Å²) in [5, 5.41) is 13.3. The van der Waals surface area contributed by atoms with Crippen molar-refractivity contribution in [3.05, 3.63) is 77.3 Å². The lowest BCUT2D eigenvalue weighted by molar-refractivity contribution is 0.0696. The van der Waals surface area contributed by atoms with Crippen molar-refractivity contribution < 1.29 is 18.8 Å². The molecule has 2 aromatic carbocycles. The van der Waals surface area contributed by atoms with Crippen molar-refractivity contribution in [1.82, 2.24) is 5.16 Å². The van der Waals surface area contributed by atoms with Crippen molar-refractivity contribution in [3.63, 3.8) is 0 Å². The van der Waals surface area contributed by atoms with E-state index in [2.05, 4.69) is 5.16 Å². The number of carboxylic acids is 1. The van der Waals surface area contributed by atoms with E-state index in [1.54, 1.807) is 12.2 Å². The number of carbonyl (C=O) groups is 1. The van der Waals surface area contributed by atoms with E-state index in [4.69, 9.17) is 4.52 Å². The molecule has 5 heteroatoms. The van der Waals surface area contributed by atoms with Crippen molar-refractivity contribution in [2.45, 2.75) is 0 Å². The van der Waals surface area contributed by atoms with Crippen LogP contribution in [0.25, 0.3) is 23.4 Å². The van der Waals surface area contributed by atoms with E-state index in [9.17, 15) is 14.3 Å². The van der Waals surface area contributed by atoms with Gasteiger partial charge in [-0.05, 0) is 35.9 Å². The maximum atomic E-state index is 13.0. The predicted octanol–water partition coefficient (Wildman–Crippen LogP) is 4.35. The third-order valence-electron chi connectivity index (χ3n) is 3.28. The Morgan fingerprint density at radius 2 is 1.74 bits per heavy atom. The minimum atomic E-state index is -1.15. The van der Waals surface area contributed by atoms with Crippen LogP contribution in [0.15, 0.2) is 59.1 Å². The third-order valence-corrected chi connectivity index (χ3v) is 3.28. The van der Waals surface area contributed by atoms with Gasteiger partial charge in [0.05, 0.1) is 0 Å². The number of nitrogens with zero attached hydrogens (tertiary/aromatic N) is 1. The summed E-state index contributed by atoms with van der Waals surface area (Å²) in [7, 11) is 0. The van der Waals surface area contributed by atoms with Gasteiger partial charge >= 0.3 is 5.97 Å². The van der Waals surface area contributed by atoms with Gasteiger partial charge < -0.3 is 9.63 Å². The second-order valence-corrected chi connectivity index (χ2v) is 4.83. The lowest BCUT2D eigenvalue weighted by Gasteiger charge is -1.98. The first kappa shape index (κ1) is 14.7. The average Bonchev–Trinajstić information content (AvgIpc) is 2.99. The van der Waals surface area contributed by atoms with Gasteiger partial charge in [0.25, 0.3) is 0 Å².